The summed E-state index contributed by atoms with van der Waals surface area (Å²) >= 11 is 1.84. The Morgan fingerprint density at radius 3 is 3.00 bits per heavy atom. The van der Waals surface area contributed by atoms with Gasteiger partial charge in [-0.25, -0.2) is 0 Å². The quantitative estimate of drug-likeness (QED) is 0.863. The van der Waals surface area contributed by atoms with Gasteiger partial charge in [-0.15, -0.1) is 11.8 Å². The fraction of sp³-hybridized carbons (Fsp3) is 0.562. The molecule has 2 heterocycles. The minimum Gasteiger partial charge on any atom is -0.310 e. The van der Waals surface area contributed by atoms with Crippen molar-refractivity contribution in [1.82, 2.24) is 5.32 Å². The topological polar surface area (TPSA) is 32.3 Å². The number of fused-ring (bicyclic) bond motifs is 1. The van der Waals surface area contributed by atoms with Crippen molar-refractivity contribution in [2.24, 2.45) is 0 Å². The standard InChI is InChI=1S/C16H22N2OS/c1-12-11-18(16(19)15-8-4-5-9-20-15)14-7-3-2-6-13(14)10-17-12/h2-3,6-7,12,15,17H,4-5,8-11H2,1H3. The molecule has 1 N–H and O–H groups in total. The molecule has 0 bridgehead atoms. The number of para-hydroxylation sites is 1. The van der Waals surface area contributed by atoms with Crippen LogP contribution < -0.4 is 10.2 Å². The second-order valence-electron chi connectivity index (χ2n) is 5.71. The van der Waals surface area contributed by atoms with Gasteiger partial charge >= 0.3 is 0 Å². The van der Waals surface area contributed by atoms with E-state index in [0.29, 0.717) is 11.9 Å². The van der Waals surface area contributed by atoms with Crippen molar-refractivity contribution in [3.05, 3.63) is 29.8 Å². The average Bonchev–Trinajstić information content (AvgIpc) is 2.67. The van der Waals surface area contributed by atoms with Crippen molar-refractivity contribution in [1.29, 1.82) is 0 Å². The first kappa shape index (κ1) is 14.0. The second-order valence-corrected chi connectivity index (χ2v) is 7.03. The molecule has 4 heteroatoms. The second kappa shape index (κ2) is 6.19. The predicted octanol–water partition coefficient (Wildman–Crippen LogP) is 2.80. The van der Waals surface area contributed by atoms with E-state index in [4.69, 9.17) is 0 Å². The molecular weight excluding hydrogens is 268 g/mol. The number of hydrogen-bond acceptors (Lipinski definition) is 3. The van der Waals surface area contributed by atoms with Crippen molar-refractivity contribution in [2.75, 3.05) is 17.2 Å². The Hall–Kier alpha value is -1.00. The van der Waals surface area contributed by atoms with Crippen LogP contribution in [0.3, 0.4) is 0 Å². The Balaban J connectivity index is 1.87. The Morgan fingerprint density at radius 2 is 2.20 bits per heavy atom. The van der Waals surface area contributed by atoms with Crippen LogP contribution >= 0.6 is 11.8 Å². The first-order chi connectivity index (χ1) is 9.75. The van der Waals surface area contributed by atoms with Gasteiger partial charge in [0.25, 0.3) is 0 Å². The molecule has 108 valence electrons. The third kappa shape index (κ3) is 2.86. The van der Waals surface area contributed by atoms with Crippen molar-refractivity contribution in [3.63, 3.8) is 0 Å². The van der Waals surface area contributed by atoms with Crippen molar-refractivity contribution >= 4 is 23.4 Å². The highest BCUT2D eigenvalue weighted by Gasteiger charge is 2.30. The van der Waals surface area contributed by atoms with Gasteiger partial charge in [0.15, 0.2) is 0 Å². The zero-order valence-electron chi connectivity index (χ0n) is 12.0. The summed E-state index contributed by atoms with van der Waals surface area (Å²) in [6.07, 6.45) is 3.47. The van der Waals surface area contributed by atoms with Gasteiger partial charge in [0.2, 0.25) is 5.91 Å². The molecule has 2 aliphatic heterocycles. The van der Waals surface area contributed by atoms with Crippen LogP contribution in [-0.4, -0.2) is 29.5 Å². The molecule has 0 spiro atoms. The highest BCUT2D eigenvalue weighted by atomic mass is 32.2. The summed E-state index contributed by atoms with van der Waals surface area (Å²) in [4.78, 5) is 14.9. The van der Waals surface area contributed by atoms with Gasteiger partial charge in [-0.1, -0.05) is 24.6 Å². The predicted molar refractivity (Wildman–Crippen MR) is 85.2 cm³/mol. The number of thioether (sulfide) groups is 1. The van der Waals surface area contributed by atoms with Crippen LogP contribution in [0.2, 0.25) is 0 Å². The Bertz CT molecular complexity index is 485. The van der Waals surface area contributed by atoms with Gasteiger partial charge in [0.1, 0.15) is 0 Å². The van der Waals surface area contributed by atoms with Crippen molar-refractivity contribution in [3.8, 4) is 0 Å². The molecule has 0 aromatic heterocycles. The molecule has 2 unspecified atom stereocenters. The molecule has 3 rings (SSSR count). The molecule has 1 aromatic carbocycles. The zero-order chi connectivity index (χ0) is 13.9. The molecule has 3 nitrogen and oxygen atoms in total. The molecule has 2 aliphatic rings. The van der Waals surface area contributed by atoms with Crippen LogP contribution in [0.15, 0.2) is 24.3 Å². The molecule has 1 fully saturated rings. The maximum Gasteiger partial charge on any atom is 0.240 e. The SMILES string of the molecule is CC1CN(C(=O)C2CCCCS2)c2ccccc2CN1. The maximum atomic E-state index is 12.9. The van der Waals surface area contributed by atoms with E-state index in [1.807, 2.05) is 22.7 Å². The normalized spacial score (nSPS) is 26.8. The summed E-state index contributed by atoms with van der Waals surface area (Å²) in [5, 5.41) is 3.64. The van der Waals surface area contributed by atoms with Crippen LogP contribution in [0.4, 0.5) is 5.69 Å². The smallest absolute Gasteiger partial charge is 0.240 e. The minimum absolute atomic E-state index is 0.155. The molecule has 0 aliphatic carbocycles. The largest absolute Gasteiger partial charge is 0.310 e. The van der Waals surface area contributed by atoms with E-state index in [9.17, 15) is 4.79 Å². The Kier molecular flexibility index (Phi) is 4.32. The summed E-state index contributed by atoms with van der Waals surface area (Å²) in [6.45, 7) is 3.77. The number of carbonyl (C=O) groups excluding carboxylic acids is 1. The van der Waals surface area contributed by atoms with Crippen molar-refractivity contribution in [2.45, 2.75) is 44.0 Å². The van der Waals surface area contributed by atoms with E-state index in [-0.39, 0.29) is 5.25 Å². The minimum atomic E-state index is 0.155. The number of benzene rings is 1. The third-order valence-corrected chi connectivity index (χ3v) is 5.47. The zero-order valence-corrected chi connectivity index (χ0v) is 12.8. The van der Waals surface area contributed by atoms with Crippen LogP contribution in [0.5, 0.6) is 0 Å². The number of nitrogens with one attached hydrogen (secondary N) is 1. The van der Waals surface area contributed by atoms with Gasteiger partial charge < -0.3 is 10.2 Å². The average molecular weight is 290 g/mol. The molecular formula is C16H22N2OS. The molecule has 20 heavy (non-hydrogen) atoms. The number of hydrogen-bond donors (Lipinski definition) is 1. The molecule has 1 amide bonds. The number of anilines is 1. The van der Waals surface area contributed by atoms with E-state index in [2.05, 4.69) is 30.4 Å². The van der Waals surface area contributed by atoms with E-state index in [0.717, 1.165) is 31.0 Å². The summed E-state index contributed by atoms with van der Waals surface area (Å²) in [5.74, 6) is 1.43. The molecule has 1 aromatic rings. The lowest BCUT2D eigenvalue weighted by molar-refractivity contribution is -0.118. The van der Waals surface area contributed by atoms with Gasteiger partial charge in [0, 0.05) is 24.8 Å². The van der Waals surface area contributed by atoms with Crippen molar-refractivity contribution < 1.29 is 4.79 Å². The Labute approximate surface area is 125 Å². The maximum absolute atomic E-state index is 12.9. The fourth-order valence-electron chi connectivity index (χ4n) is 2.96. The monoisotopic (exact) mass is 290 g/mol. The molecule has 0 saturated carbocycles. The Morgan fingerprint density at radius 1 is 1.35 bits per heavy atom. The highest BCUT2D eigenvalue weighted by Crippen LogP contribution is 2.30. The van der Waals surface area contributed by atoms with Crippen LogP contribution in [-0.2, 0) is 11.3 Å². The number of nitrogens with zero attached hydrogens (tertiary/aromatic N) is 1. The summed E-state index contributed by atoms with van der Waals surface area (Å²) in [6, 6.07) is 8.62. The third-order valence-electron chi connectivity index (χ3n) is 4.10. The van der Waals surface area contributed by atoms with Crippen LogP contribution in [0, 0.1) is 0 Å². The van der Waals surface area contributed by atoms with Crippen LogP contribution in [0.25, 0.3) is 0 Å². The summed E-state index contributed by atoms with van der Waals surface area (Å²) in [7, 11) is 0. The first-order valence-corrected chi connectivity index (χ1v) is 8.55. The van der Waals surface area contributed by atoms with E-state index < -0.39 is 0 Å². The summed E-state index contributed by atoms with van der Waals surface area (Å²) in [5.41, 5.74) is 2.33. The molecule has 1 saturated heterocycles. The molecule has 2 atom stereocenters. The lowest BCUT2D eigenvalue weighted by Gasteiger charge is -2.30. The number of carbonyl (C=O) groups is 1. The lowest BCUT2D eigenvalue weighted by atomic mass is 10.1. The van der Waals surface area contributed by atoms with Gasteiger partial charge in [0.05, 0.1) is 5.25 Å². The summed E-state index contributed by atoms with van der Waals surface area (Å²) < 4.78 is 0. The van der Waals surface area contributed by atoms with E-state index in [1.54, 1.807) is 0 Å². The first-order valence-electron chi connectivity index (χ1n) is 7.50. The van der Waals surface area contributed by atoms with Crippen LogP contribution in [0.1, 0.15) is 31.7 Å². The number of rotatable bonds is 1. The fourth-order valence-corrected chi connectivity index (χ4v) is 4.22. The van der Waals surface area contributed by atoms with Gasteiger partial charge in [-0.2, -0.15) is 0 Å². The molecule has 0 radical (unpaired) electrons. The number of amides is 1. The van der Waals surface area contributed by atoms with Gasteiger partial charge in [-0.3, -0.25) is 4.79 Å². The van der Waals surface area contributed by atoms with E-state index >= 15 is 0 Å². The van der Waals surface area contributed by atoms with E-state index in [1.165, 1.54) is 18.4 Å². The van der Waals surface area contributed by atoms with Gasteiger partial charge in [-0.05, 0) is 37.1 Å². The lowest BCUT2D eigenvalue weighted by Crippen LogP contribution is -2.44. The highest BCUT2D eigenvalue weighted by molar-refractivity contribution is 8.00.